The highest BCUT2D eigenvalue weighted by atomic mass is 16.5. The molecule has 1 aromatic heterocycles. The van der Waals surface area contributed by atoms with Crippen LogP contribution in [0, 0.1) is 0 Å². The van der Waals surface area contributed by atoms with Crippen LogP contribution in [0.2, 0.25) is 0 Å². The molecule has 3 aromatic carbocycles. The van der Waals surface area contributed by atoms with Crippen molar-refractivity contribution >= 4 is 16.9 Å². The van der Waals surface area contributed by atoms with Gasteiger partial charge in [0.2, 0.25) is 5.91 Å². The van der Waals surface area contributed by atoms with Crippen LogP contribution in [-0.2, 0) is 29.6 Å². The van der Waals surface area contributed by atoms with Crippen LogP contribution in [0.3, 0.4) is 0 Å². The first-order valence-corrected chi connectivity index (χ1v) is 13.9. The Balaban J connectivity index is 1.28. The molecule has 0 radical (unpaired) electrons. The number of hydrogen-bond donors (Lipinski definition) is 1. The Labute approximate surface area is 237 Å². The summed E-state index contributed by atoms with van der Waals surface area (Å²) in [5, 5.41) is 3.04. The predicted molar refractivity (Wildman–Crippen MR) is 160 cm³/mol. The second kappa shape index (κ2) is 13.4. The van der Waals surface area contributed by atoms with Gasteiger partial charge in [-0.3, -0.25) is 4.79 Å². The normalized spacial score (nSPS) is 11.4. The van der Waals surface area contributed by atoms with E-state index in [1.54, 1.807) is 14.2 Å². The first-order valence-electron chi connectivity index (χ1n) is 13.9. The number of amides is 1. The number of imidazole rings is 1. The lowest BCUT2D eigenvalue weighted by Crippen LogP contribution is -2.26. The number of nitrogens with zero attached hydrogens (tertiary/aromatic N) is 2. The van der Waals surface area contributed by atoms with Gasteiger partial charge >= 0.3 is 0 Å². The van der Waals surface area contributed by atoms with E-state index in [9.17, 15) is 4.79 Å². The summed E-state index contributed by atoms with van der Waals surface area (Å²) in [5.41, 5.74) is 4.43. The maximum atomic E-state index is 12.5. The van der Waals surface area contributed by atoms with E-state index < -0.39 is 0 Å². The van der Waals surface area contributed by atoms with Gasteiger partial charge in [0.15, 0.2) is 11.5 Å². The molecule has 0 aliphatic carbocycles. The summed E-state index contributed by atoms with van der Waals surface area (Å²) < 4.78 is 18.9. The van der Waals surface area contributed by atoms with Crippen molar-refractivity contribution in [2.24, 2.45) is 0 Å². The molecule has 1 amide bonds. The summed E-state index contributed by atoms with van der Waals surface area (Å²) in [6, 6.07) is 22.2. The third-order valence-electron chi connectivity index (χ3n) is 6.96. The molecule has 0 fully saturated rings. The average Bonchev–Trinajstić information content (AvgIpc) is 3.30. The highest BCUT2D eigenvalue weighted by molar-refractivity contribution is 5.79. The van der Waals surface area contributed by atoms with Gasteiger partial charge in [-0.15, -0.1) is 0 Å². The van der Waals surface area contributed by atoms with Gasteiger partial charge in [-0.1, -0.05) is 51.1 Å². The Hall–Kier alpha value is -4.00. The second-order valence-corrected chi connectivity index (χ2v) is 11.0. The van der Waals surface area contributed by atoms with Crippen molar-refractivity contribution in [3.05, 3.63) is 83.7 Å². The standard InChI is InChI=1S/C33H41N3O4/c1-33(2,3)25-14-16-26(17-15-25)40-21-9-20-36-28-11-7-6-10-27(28)35-31(36)12-8-19-34-32(37)23-24-13-18-29(38-4)30(22-24)39-5/h6-7,10-11,13-18,22H,8-9,12,19-21,23H2,1-5H3,(H,34,37). The number of carbonyl (C=O) groups is 1. The van der Waals surface area contributed by atoms with Crippen molar-refractivity contribution in [1.82, 2.24) is 14.9 Å². The van der Waals surface area contributed by atoms with Crippen molar-refractivity contribution in [2.45, 2.75) is 58.4 Å². The summed E-state index contributed by atoms with van der Waals surface area (Å²) in [5.74, 6) is 3.18. The molecule has 212 valence electrons. The van der Waals surface area contributed by atoms with Crippen molar-refractivity contribution in [3.8, 4) is 17.2 Å². The second-order valence-electron chi connectivity index (χ2n) is 11.0. The smallest absolute Gasteiger partial charge is 0.224 e. The van der Waals surface area contributed by atoms with E-state index in [2.05, 4.69) is 61.0 Å². The van der Waals surface area contributed by atoms with Gasteiger partial charge in [0.25, 0.3) is 0 Å². The largest absolute Gasteiger partial charge is 0.494 e. The molecule has 4 rings (SSSR count). The number of rotatable bonds is 13. The van der Waals surface area contributed by atoms with Gasteiger partial charge in [0.05, 0.1) is 38.3 Å². The van der Waals surface area contributed by atoms with Gasteiger partial charge in [-0.2, -0.15) is 0 Å². The van der Waals surface area contributed by atoms with Gasteiger partial charge in [-0.05, 0) is 65.8 Å². The SMILES string of the molecule is COc1ccc(CC(=O)NCCCc2nc3ccccc3n2CCCOc2ccc(C(C)(C)C)cc2)cc1OC. The summed E-state index contributed by atoms with van der Waals surface area (Å²) >= 11 is 0. The highest BCUT2D eigenvalue weighted by Crippen LogP contribution is 2.28. The minimum Gasteiger partial charge on any atom is -0.494 e. The lowest BCUT2D eigenvalue weighted by molar-refractivity contribution is -0.120. The number of fused-ring (bicyclic) bond motifs is 1. The topological polar surface area (TPSA) is 74.6 Å². The van der Waals surface area contributed by atoms with Gasteiger partial charge in [-0.25, -0.2) is 4.98 Å². The van der Waals surface area contributed by atoms with Crippen LogP contribution in [0.15, 0.2) is 66.7 Å². The molecule has 0 saturated heterocycles. The molecular weight excluding hydrogens is 502 g/mol. The minimum atomic E-state index is -0.0200. The fraction of sp³-hybridized carbons (Fsp3) is 0.394. The lowest BCUT2D eigenvalue weighted by atomic mass is 9.87. The van der Waals surface area contributed by atoms with Gasteiger partial charge in [0, 0.05) is 19.5 Å². The first-order chi connectivity index (χ1) is 19.3. The van der Waals surface area contributed by atoms with Crippen molar-refractivity contribution in [3.63, 3.8) is 0 Å². The summed E-state index contributed by atoms with van der Waals surface area (Å²) in [4.78, 5) is 17.4. The van der Waals surface area contributed by atoms with Gasteiger partial charge < -0.3 is 24.1 Å². The predicted octanol–water partition coefficient (Wildman–Crippen LogP) is 6.11. The van der Waals surface area contributed by atoms with Crippen LogP contribution in [0.1, 0.15) is 50.6 Å². The molecule has 0 spiro atoms. The van der Waals surface area contributed by atoms with Crippen LogP contribution in [-0.4, -0.2) is 42.8 Å². The molecule has 1 N–H and O–H groups in total. The Morgan fingerprint density at radius 3 is 2.40 bits per heavy atom. The zero-order valence-corrected chi connectivity index (χ0v) is 24.3. The Bertz CT molecular complexity index is 1400. The number of aryl methyl sites for hydroxylation is 2. The summed E-state index contributed by atoms with van der Waals surface area (Å²) in [6.45, 7) is 8.68. The maximum absolute atomic E-state index is 12.5. The van der Waals surface area contributed by atoms with E-state index >= 15 is 0 Å². The molecule has 0 aliphatic rings. The van der Waals surface area contributed by atoms with Crippen LogP contribution in [0.25, 0.3) is 11.0 Å². The lowest BCUT2D eigenvalue weighted by Gasteiger charge is -2.19. The first kappa shape index (κ1) is 29.0. The summed E-state index contributed by atoms with van der Waals surface area (Å²) in [7, 11) is 3.19. The van der Waals surface area contributed by atoms with E-state index in [0.29, 0.717) is 24.7 Å². The minimum absolute atomic E-state index is 0.0200. The van der Waals surface area contributed by atoms with E-state index in [1.165, 1.54) is 5.56 Å². The number of ether oxygens (including phenoxy) is 3. The van der Waals surface area contributed by atoms with Crippen LogP contribution >= 0.6 is 0 Å². The molecule has 0 atom stereocenters. The molecule has 7 nitrogen and oxygen atoms in total. The zero-order valence-electron chi connectivity index (χ0n) is 24.3. The number of nitrogens with one attached hydrogen (secondary N) is 1. The molecule has 1 heterocycles. The monoisotopic (exact) mass is 543 g/mol. The number of aromatic nitrogens is 2. The quantitative estimate of drug-likeness (QED) is 0.206. The molecule has 0 bridgehead atoms. The van der Waals surface area contributed by atoms with E-state index in [4.69, 9.17) is 19.2 Å². The van der Waals surface area contributed by atoms with Crippen LogP contribution < -0.4 is 19.5 Å². The Kier molecular flexibility index (Phi) is 9.70. The Morgan fingerprint density at radius 2 is 1.68 bits per heavy atom. The molecule has 0 aliphatic heterocycles. The molecule has 0 saturated carbocycles. The van der Waals surface area contributed by atoms with E-state index in [1.807, 2.05) is 36.4 Å². The molecule has 40 heavy (non-hydrogen) atoms. The average molecular weight is 544 g/mol. The van der Waals surface area contributed by atoms with Crippen molar-refractivity contribution in [1.29, 1.82) is 0 Å². The molecular formula is C33H41N3O4. The number of benzene rings is 3. The van der Waals surface area contributed by atoms with E-state index in [0.717, 1.165) is 54.0 Å². The molecule has 7 heteroatoms. The van der Waals surface area contributed by atoms with E-state index in [-0.39, 0.29) is 17.7 Å². The fourth-order valence-corrected chi connectivity index (χ4v) is 4.74. The Morgan fingerprint density at radius 1 is 0.925 bits per heavy atom. The maximum Gasteiger partial charge on any atom is 0.224 e. The summed E-state index contributed by atoms with van der Waals surface area (Å²) in [6.07, 6.45) is 2.74. The molecule has 4 aromatic rings. The number of methoxy groups -OCH3 is 2. The number of carbonyl (C=O) groups excluding carboxylic acids is 1. The van der Waals surface area contributed by atoms with Crippen LogP contribution in [0.4, 0.5) is 0 Å². The van der Waals surface area contributed by atoms with Gasteiger partial charge in [0.1, 0.15) is 11.6 Å². The third-order valence-corrected chi connectivity index (χ3v) is 6.96. The third kappa shape index (κ3) is 7.56. The number of hydrogen-bond acceptors (Lipinski definition) is 5. The zero-order chi connectivity index (χ0) is 28.5. The highest BCUT2D eigenvalue weighted by Gasteiger charge is 2.14. The van der Waals surface area contributed by atoms with Crippen molar-refractivity contribution in [2.75, 3.05) is 27.4 Å². The fourth-order valence-electron chi connectivity index (χ4n) is 4.74. The van der Waals surface area contributed by atoms with Crippen LogP contribution in [0.5, 0.6) is 17.2 Å². The molecule has 0 unspecified atom stereocenters. The number of para-hydroxylation sites is 2. The van der Waals surface area contributed by atoms with Crippen molar-refractivity contribution < 1.29 is 19.0 Å².